The van der Waals surface area contributed by atoms with E-state index in [1.807, 2.05) is 0 Å². The van der Waals surface area contributed by atoms with Crippen molar-refractivity contribution in [1.82, 2.24) is 0 Å². The van der Waals surface area contributed by atoms with Gasteiger partial charge >= 0.3 is 0 Å². The smallest absolute Gasteiger partial charge is 0.0412 e. The lowest BCUT2D eigenvalue weighted by Gasteiger charge is -1.99. The molecule has 0 nitrogen and oxygen atoms in total. The molecule has 0 saturated heterocycles. The van der Waals surface area contributed by atoms with Crippen LogP contribution in [0.5, 0.6) is 0 Å². The number of hydrogen-bond acceptors (Lipinski definition) is 0. The summed E-state index contributed by atoms with van der Waals surface area (Å²) in [4.78, 5) is 0. The standard InChI is InChI=1S/C7H16BrSi/c1-9(2)7-5-3-4-6-8/h3-7H2,1-2H3. The zero-order chi connectivity index (χ0) is 7.11. The maximum atomic E-state index is 3.42. The highest BCUT2D eigenvalue weighted by atomic mass is 79.9. The van der Waals surface area contributed by atoms with E-state index in [9.17, 15) is 0 Å². The average molecular weight is 208 g/mol. The Labute approximate surface area is 68.8 Å². The summed E-state index contributed by atoms with van der Waals surface area (Å²) >= 11 is 3.42. The van der Waals surface area contributed by atoms with Crippen LogP contribution in [0.1, 0.15) is 19.3 Å². The van der Waals surface area contributed by atoms with Crippen LogP contribution in [0, 0.1) is 0 Å². The topological polar surface area (TPSA) is 0 Å². The van der Waals surface area contributed by atoms with E-state index in [0.717, 1.165) is 0 Å². The van der Waals surface area contributed by atoms with E-state index >= 15 is 0 Å². The van der Waals surface area contributed by atoms with Gasteiger partial charge in [-0.05, 0) is 6.42 Å². The Balaban J connectivity index is 2.75. The Bertz CT molecular complexity index is 54.9. The number of halogens is 1. The summed E-state index contributed by atoms with van der Waals surface area (Å²) in [6, 6.07) is 1.50. The number of hydrogen-bond donors (Lipinski definition) is 0. The molecule has 2 heteroatoms. The summed E-state index contributed by atoms with van der Waals surface area (Å²) < 4.78 is 0. The van der Waals surface area contributed by atoms with Gasteiger partial charge in [0.1, 0.15) is 0 Å². The first-order valence-electron chi connectivity index (χ1n) is 3.62. The van der Waals surface area contributed by atoms with Gasteiger partial charge in [-0.2, -0.15) is 0 Å². The van der Waals surface area contributed by atoms with Crippen molar-refractivity contribution >= 4 is 24.7 Å². The molecule has 0 heterocycles. The molecule has 0 aromatic carbocycles. The van der Waals surface area contributed by atoms with Crippen molar-refractivity contribution in [2.24, 2.45) is 0 Å². The Hall–Kier alpha value is 0.697. The van der Waals surface area contributed by atoms with Crippen molar-refractivity contribution in [2.75, 3.05) is 5.33 Å². The fourth-order valence-electron chi connectivity index (χ4n) is 0.750. The minimum Gasteiger partial charge on any atom is -0.0928 e. The van der Waals surface area contributed by atoms with Crippen LogP contribution in [0.2, 0.25) is 19.1 Å². The molecule has 0 bridgehead atoms. The van der Waals surface area contributed by atoms with Crippen LogP contribution in [-0.4, -0.2) is 14.1 Å². The molecule has 1 radical (unpaired) electrons. The Morgan fingerprint density at radius 3 is 2.22 bits per heavy atom. The molecule has 0 saturated carbocycles. The fraction of sp³-hybridized carbons (Fsp3) is 1.00. The quantitative estimate of drug-likeness (QED) is 0.369. The normalized spacial score (nSPS) is 10.7. The van der Waals surface area contributed by atoms with E-state index < -0.39 is 0 Å². The summed E-state index contributed by atoms with van der Waals surface area (Å²) in [6.45, 7) is 4.78. The zero-order valence-electron chi connectivity index (χ0n) is 6.41. The van der Waals surface area contributed by atoms with E-state index in [-0.39, 0.29) is 8.80 Å². The average Bonchev–Trinajstić information content (AvgIpc) is 1.80. The van der Waals surface area contributed by atoms with E-state index in [1.165, 1.54) is 30.6 Å². The molecule has 55 valence electrons. The van der Waals surface area contributed by atoms with Gasteiger partial charge in [-0.25, -0.2) is 0 Å². The summed E-state index contributed by atoms with van der Waals surface area (Å²) in [5.41, 5.74) is 0. The molecule has 0 aliphatic heterocycles. The largest absolute Gasteiger partial charge is 0.0928 e. The molecule has 9 heavy (non-hydrogen) atoms. The van der Waals surface area contributed by atoms with Crippen LogP contribution >= 0.6 is 15.9 Å². The lowest BCUT2D eigenvalue weighted by atomic mass is 10.3. The SMILES string of the molecule is C[Si](C)CCCCCBr. The van der Waals surface area contributed by atoms with Gasteiger partial charge in [0.25, 0.3) is 0 Å². The summed E-state index contributed by atoms with van der Waals surface area (Å²) in [6.07, 6.45) is 4.23. The van der Waals surface area contributed by atoms with Crippen LogP contribution in [0.3, 0.4) is 0 Å². The highest BCUT2D eigenvalue weighted by molar-refractivity contribution is 9.09. The molecule has 0 spiro atoms. The first kappa shape index (κ1) is 9.70. The molecule has 0 aromatic rings. The first-order chi connectivity index (χ1) is 4.27. The zero-order valence-corrected chi connectivity index (χ0v) is 9.00. The van der Waals surface area contributed by atoms with Crippen molar-refractivity contribution in [2.45, 2.75) is 38.4 Å². The van der Waals surface area contributed by atoms with Gasteiger partial charge < -0.3 is 0 Å². The highest BCUT2D eigenvalue weighted by Crippen LogP contribution is 2.04. The fourth-order valence-corrected chi connectivity index (χ4v) is 2.10. The van der Waals surface area contributed by atoms with E-state index in [1.54, 1.807) is 0 Å². The number of alkyl halides is 1. The third-order valence-electron chi connectivity index (χ3n) is 1.31. The van der Waals surface area contributed by atoms with Crippen LogP contribution in [0.15, 0.2) is 0 Å². The second-order valence-corrected chi connectivity index (χ2v) is 6.41. The molecule has 0 unspecified atom stereocenters. The third kappa shape index (κ3) is 8.70. The molecule has 0 atom stereocenters. The molecule has 0 aliphatic carbocycles. The Kier molecular flexibility index (Phi) is 7.34. The van der Waals surface area contributed by atoms with Crippen molar-refractivity contribution in [3.8, 4) is 0 Å². The van der Waals surface area contributed by atoms with E-state index in [4.69, 9.17) is 0 Å². The predicted molar refractivity (Wildman–Crippen MR) is 49.9 cm³/mol. The first-order valence-corrected chi connectivity index (χ1v) is 7.45. The van der Waals surface area contributed by atoms with Crippen LogP contribution < -0.4 is 0 Å². The van der Waals surface area contributed by atoms with Crippen LogP contribution in [-0.2, 0) is 0 Å². The van der Waals surface area contributed by atoms with Gasteiger partial charge in [0.05, 0.1) is 0 Å². The monoisotopic (exact) mass is 207 g/mol. The summed E-state index contributed by atoms with van der Waals surface area (Å²) in [7, 11) is 0.0696. The van der Waals surface area contributed by atoms with E-state index in [0.29, 0.717) is 0 Å². The minimum absolute atomic E-state index is 0.0696. The lowest BCUT2D eigenvalue weighted by Crippen LogP contribution is -1.97. The molecular formula is C7H16BrSi. The highest BCUT2D eigenvalue weighted by Gasteiger charge is 1.94. The molecule has 0 amide bonds. The van der Waals surface area contributed by atoms with Crippen molar-refractivity contribution in [1.29, 1.82) is 0 Å². The van der Waals surface area contributed by atoms with Gasteiger partial charge in [0.15, 0.2) is 0 Å². The maximum Gasteiger partial charge on any atom is 0.0412 e. The Morgan fingerprint density at radius 2 is 1.78 bits per heavy atom. The minimum atomic E-state index is 0.0696. The summed E-state index contributed by atoms with van der Waals surface area (Å²) in [5, 5.41) is 1.18. The Morgan fingerprint density at radius 1 is 1.11 bits per heavy atom. The van der Waals surface area contributed by atoms with Crippen molar-refractivity contribution in [3.63, 3.8) is 0 Å². The molecular weight excluding hydrogens is 192 g/mol. The van der Waals surface area contributed by atoms with Crippen LogP contribution in [0.25, 0.3) is 0 Å². The number of unbranched alkanes of at least 4 members (excludes halogenated alkanes) is 2. The van der Waals surface area contributed by atoms with Gasteiger partial charge in [0.2, 0.25) is 0 Å². The summed E-state index contributed by atoms with van der Waals surface area (Å²) in [5.74, 6) is 0. The van der Waals surface area contributed by atoms with Crippen molar-refractivity contribution < 1.29 is 0 Å². The maximum absolute atomic E-state index is 3.42. The predicted octanol–water partition coefficient (Wildman–Crippen LogP) is 3.31. The second kappa shape index (κ2) is 6.81. The molecule has 0 rings (SSSR count). The molecule has 0 N–H and O–H groups in total. The second-order valence-electron chi connectivity index (χ2n) is 2.71. The third-order valence-corrected chi connectivity index (χ3v) is 3.22. The van der Waals surface area contributed by atoms with Crippen molar-refractivity contribution in [3.05, 3.63) is 0 Å². The molecule has 0 aromatic heterocycles. The van der Waals surface area contributed by atoms with Gasteiger partial charge in [0, 0.05) is 14.1 Å². The van der Waals surface area contributed by atoms with Gasteiger partial charge in [-0.15, -0.1) is 0 Å². The lowest BCUT2D eigenvalue weighted by molar-refractivity contribution is 0.776. The molecule has 0 fully saturated rings. The van der Waals surface area contributed by atoms with Gasteiger partial charge in [-0.1, -0.05) is 47.9 Å². The van der Waals surface area contributed by atoms with Gasteiger partial charge in [-0.3, -0.25) is 0 Å². The number of rotatable bonds is 5. The van der Waals surface area contributed by atoms with Crippen LogP contribution in [0.4, 0.5) is 0 Å². The molecule has 0 aliphatic rings. The van der Waals surface area contributed by atoms with E-state index in [2.05, 4.69) is 29.0 Å².